The Labute approximate surface area is 122 Å². The van der Waals surface area contributed by atoms with E-state index < -0.39 is 5.72 Å². The van der Waals surface area contributed by atoms with Crippen molar-refractivity contribution in [2.24, 2.45) is 0 Å². The van der Waals surface area contributed by atoms with Crippen molar-refractivity contribution in [1.82, 2.24) is 9.97 Å². The first-order valence-electron chi connectivity index (χ1n) is 6.96. The van der Waals surface area contributed by atoms with Crippen LogP contribution < -0.4 is 10.1 Å². The predicted octanol–water partition coefficient (Wildman–Crippen LogP) is 3.84. The van der Waals surface area contributed by atoms with Gasteiger partial charge in [-0.1, -0.05) is 30.3 Å². The largest absolute Gasteiger partial charge is 0.450 e. The van der Waals surface area contributed by atoms with E-state index in [1.165, 1.54) is 0 Å². The van der Waals surface area contributed by atoms with Crippen molar-refractivity contribution in [2.75, 3.05) is 5.32 Å². The summed E-state index contributed by atoms with van der Waals surface area (Å²) in [6, 6.07) is 15.9. The van der Waals surface area contributed by atoms with Gasteiger partial charge < -0.3 is 10.1 Å². The number of nitrogens with one attached hydrogen (secondary N) is 1. The molecular formula is C17H15N3O. The van der Waals surface area contributed by atoms with Crippen molar-refractivity contribution < 1.29 is 4.74 Å². The fourth-order valence-corrected chi connectivity index (χ4v) is 2.62. The Bertz CT molecular complexity index is 842. The fraction of sp³-hybridized carbons (Fsp3) is 0.176. The van der Waals surface area contributed by atoms with Gasteiger partial charge in [0.15, 0.2) is 5.72 Å². The maximum absolute atomic E-state index is 6.05. The second-order valence-electron chi connectivity index (χ2n) is 5.65. The molecule has 3 aromatic rings. The Morgan fingerprint density at radius 2 is 1.57 bits per heavy atom. The minimum absolute atomic E-state index is 0.543. The van der Waals surface area contributed by atoms with Crippen molar-refractivity contribution in [1.29, 1.82) is 0 Å². The number of para-hydroxylation sites is 3. The van der Waals surface area contributed by atoms with Gasteiger partial charge in [-0.3, -0.25) is 0 Å². The molecule has 21 heavy (non-hydrogen) atoms. The molecule has 1 aliphatic heterocycles. The molecule has 1 aromatic heterocycles. The highest BCUT2D eigenvalue weighted by Crippen LogP contribution is 2.39. The Morgan fingerprint density at radius 1 is 0.905 bits per heavy atom. The van der Waals surface area contributed by atoms with E-state index in [2.05, 4.69) is 10.3 Å². The molecule has 0 unspecified atom stereocenters. The summed E-state index contributed by atoms with van der Waals surface area (Å²) in [4.78, 5) is 9.40. The molecule has 1 N–H and O–H groups in total. The number of nitrogens with zero attached hydrogens (tertiary/aromatic N) is 2. The van der Waals surface area contributed by atoms with Crippen molar-refractivity contribution in [2.45, 2.75) is 19.6 Å². The molecule has 2 heterocycles. The summed E-state index contributed by atoms with van der Waals surface area (Å²) in [5.74, 6) is 0.566. The second-order valence-corrected chi connectivity index (χ2v) is 5.65. The van der Waals surface area contributed by atoms with Gasteiger partial charge in [-0.2, -0.15) is 0 Å². The van der Waals surface area contributed by atoms with Crippen LogP contribution in [0.15, 0.2) is 48.5 Å². The monoisotopic (exact) mass is 277 g/mol. The van der Waals surface area contributed by atoms with Crippen LogP contribution in [0.2, 0.25) is 0 Å². The zero-order valence-corrected chi connectivity index (χ0v) is 11.9. The molecule has 0 saturated heterocycles. The Morgan fingerprint density at radius 3 is 2.38 bits per heavy atom. The molecule has 0 atom stereocenters. The van der Waals surface area contributed by atoms with Crippen LogP contribution in [-0.4, -0.2) is 15.7 Å². The molecular weight excluding hydrogens is 262 g/mol. The van der Waals surface area contributed by atoms with Crippen LogP contribution in [-0.2, 0) is 0 Å². The SMILES string of the molecule is CC1(C)Nc2ccccc2-c2nc3ccccc3nc2O1. The number of aromatic nitrogens is 2. The standard InChI is InChI=1S/C17H15N3O/c1-17(2)20-12-8-4-3-7-11(12)15-16(21-17)19-14-10-6-5-9-13(14)18-15/h3-10,20H,1-2H3. The number of ether oxygens (including phenoxy) is 1. The lowest BCUT2D eigenvalue weighted by molar-refractivity contribution is 0.136. The topological polar surface area (TPSA) is 47.0 Å². The first kappa shape index (κ1) is 12.1. The third kappa shape index (κ3) is 2.00. The molecule has 4 heteroatoms. The van der Waals surface area contributed by atoms with Crippen LogP contribution in [0.5, 0.6) is 5.88 Å². The van der Waals surface area contributed by atoms with Gasteiger partial charge in [0.25, 0.3) is 0 Å². The first-order chi connectivity index (χ1) is 10.1. The van der Waals surface area contributed by atoms with Crippen molar-refractivity contribution in [3.05, 3.63) is 48.5 Å². The lowest BCUT2D eigenvalue weighted by atomic mass is 10.1. The van der Waals surface area contributed by atoms with Gasteiger partial charge >= 0.3 is 0 Å². The van der Waals surface area contributed by atoms with Gasteiger partial charge in [0.1, 0.15) is 5.69 Å². The van der Waals surface area contributed by atoms with E-state index in [9.17, 15) is 0 Å². The molecule has 0 fully saturated rings. The van der Waals surface area contributed by atoms with Gasteiger partial charge in [-0.15, -0.1) is 0 Å². The molecule has 0 radical (unpaired) electrons. The zero-order chi connectivity index (χ0) is 14.4. The van der Waals surface area contributed by atoms with Crippen molar-refractivity contribution in [3.63, 3.8) is 0 Å². The molecule has 4 rings (SSSR count). The smallest absolute Gasteiger partial charge is 0.243 e. The maximum Gasteiger partial charge on any atom is 0.243 e. The highest BCUT2D eigenvalue weighted by Gasteiger charge is 2.29. The minimum Gasteiger partial charge on any atom is -0.450 e. The number of rotatable bonds is 0. The molecule has 0 spiro atoms. The second kappa shape index (κ2) is 4.19. The van der Waals surface area contributed by atoms with Gasteiger partial charge in [0, 0.05) is 11.3 Å². The van der Waals surface area contributed by atoms with E-state index in [1.807, 2.05) is 62.4 Å². The number of hydrogen-bond donors (Lipinski definition) is 1. The first-order valence-corrected chi connectivity index (χ1v) is 6.96. The molecule has 1 aliphatic rings. The summed E-state index contributed by atoms with van der Waals surface area (Å²) in [5.41, 5.74) is 3.96. The quantitative estimate of drug-likeness (QED) is 0.678. The fourth-order valence-electron chi connectivity index (χ4n) is 2.62. The van der Waals surface area contributed by atoms with Crippen LogP contribution >= 0.6 is 0 Å². The molecule has 0 amide bonds. The number of hydrogen-bond acceptors (Lipinski definition) is 4. The number of benzene rings is 2. The van der Waals surface area contributed by atoms with E-state index >= 15 is 0 Å². The summed E-state index contributed by atoms with van der Waals surface area (Å²) in [6.07, 6.45) is 0. The van der Waals surface area contributed by atoms with E-state index in [0.717, 1.165) is 28.0 Å². The van der Waals surface area contributed by atoms with E-state index in [0.29, 0.717) is 5.88 Å². The third-order valence-electron chi connectivity index (χ3n) is 3.51. The third-order valence-corrected chi connectivity index (χ3v) is 3.51. The molecule has 2 aromatic carbocycles. The Kier molecular flexibility index (Phi) is 2.42. The normalized spacial score (nSPS) is 15.3. The van der Waals surface area contributed by atoms with Crippen LogP contribution in [0, 0.1) is 0 Å². The highest BCUT2D eigenvalue weighted by molar-refractivity contribution is 5.85. The van der Waals surface area contributed by atoms with E-state index in [1.54, 1.807) is 0 Å². The average Bonchev–Trinajstić information content (AvgIpc) is 2.57. The highest BCUT2D eigenvalue weighted by atomic mass is 16.5. The van der Waals surface area contributed by atoms with Gasteiger partial charge in [-0.05, 0) is 32.0 Å². The van der Waals surface area contributed by atoms with Gasteiger partial charge in [0.2, 0.25) is 5.88 Å². The van der Waals surface area contributed by atoms with Crippen LogP contribution in [0.3, 0.4) is 0 Å². The lowest BCUT2D eigenvalue weighted by Gasteiger charge is -2.26. The van der Waals surface area contributed by atoms with E-state index in [4.69, 9.17) is 9.72 Å². The van der Waals surface area contributed by atoms with Gasteiger partial charge in [0.05, 0.1) is 11.0 Å². The van der Waals surface area contributed by atoms with Crippen LogP contribution in [0.4, 0.5) is 5.69 Å². The Hall–Kier alpha value is -2.62. The zero-order valence-electron chi connectivity index (χ0n) is 11.9. The van der Waals surface area contributed by atoms with Crippen molar-refractivity contribution in [3.8, 4) is 17.1 Å². The lowest BCUT2D eigenvalue weighted by Crippen LogP contribution is -2.37. The summed E-state index contributed by atoms with van der Waals surface area (Å²) >= 11 is 0. The minimum atomic E-state index is -0.543. The Balaban J connectivity index is 2.06. The van der Waals surface area contributed by atoms with Gasteiger partial charge in [-0.25, -0.2) is 9.97 Å². The summed E-state index contributed by atoms with van der Waals surface area (Å²) in [7, 11) is 0. The summed E-state index contributed by atoms with van der Waals surface area (Å²) < 4.78 is 6.05. The number of fused-ring (bicyclic) bond motifs is 4. The molecule has 0 aliphatic carbocycles. The average molecular weight is 277 g/mol. The molecule has 104 valence electrons. The molecule has 0 saturated carbocycles. The van der Waals surface area contributed by atoms with E-state index in [-0.39, 0.29) is 0 Å². The van der Waals surface area contributed by atoms with Crippen molar-refractivity contribution >= 4 is 16.7 Å². The summed E-state index contributed by atoms with van der Waals surface area (Å²) in [5, 5.41) is 3.40. The van der Waals surface area contributed by atoms with Crippen LogP contribution in [0.1, 0.15) is 13.8 Å². The molecule has 4 nitrogen and oxygen atoms in total. The van der Waals surface area contributed by atoms with Crippen LogP contribution in [0.25, 0.3) is 22.3 Å². The number of anilines is 1. The summed E-state index contributed by atoms with van der Waals surface area (Å²) in [6.45, 7) is 3.96. The molecule has 0 bridgehead atoms. The maximum atomic E-state index is 6.05. The predicted molar refractivity (Wildman–Crippen MR) is 83.3 cm³/mol.